The standard InChI is InChI=1S/C13H28N2/c1-5-9-14-12-7-6-8-13(10-12)15(4)11(2)3/h11-14H,5-10H2,1-4H3. The first-order chi connectivity index (χ1) is 7.15. The highest BCUT2D eigenvalue weighted by atomic mass is 15.2. The number of rotatable bonds is 5. The second-order valence-electron chi connectivity index (χ2n) is 5.23. The highest BCUT2D eigenvalue weighted by molar-refractivity contribution is 4.83. The molecule has 0 aliphatic heterocycles. The zero-order chi connectivity index (χ0) is 11.3. The van der Waals surface area contributed by atoms with Crippen molar-refractivity contribution >= 4 is 0 Å². The summed E-state index contributed by atoms with van der Waals surface area (Å²) in [5.74, 6) is 0. The zero-order valence-electron chi connectivity index (χ0n) is 10.9. The van der Waals surface area contributed by atoms with E-state index in [-0.39, 0.29) is 0 Å². The summed E-state index contributed by atoms with van der Waals surface area (Å²) in [6.07, 6.45) is 6.75. The molecular weight excluding hydrogens is 184 g/mol. The summed E-state index contributed by atoms with van der Waals surface area (Å²) in [4.78, 5) is 2.54. The van der Waals surface area contributed by atoms with Crippen LogP contribution >= 0.6 is 0 Å². The van der Waals surface area contributed by atoms with Gasteiger partial charge in [-0.25, -0.2) is 0 Å². The number of hydrogen-bond acceptors (Lipinski definition) is 2. The molecule has 1 N–H and O–H groups in total. The van der Waals surface area contributed by atoms with Crippen LogP contribution in [0, 0.1) is 0 Å². The molecule has 90 valence electrons. The topological polar surface area (TPSA) is 15.3 Å². The molecule has 1 rings (SSSR count). The quantitative estimate of drug-likeness (QED) is 0.753. The van der Waals surface area contributed by atoms with Crippen LogP contribution in [0.1, 0.15) is 52.9 Å². The van der Waals surface area contributed by atoms with E-state index in [4.69, 9.17) is 0 Å². The molecule has 0 amide bonds. The highest BCUT2D eigenvalue weighted by Crippen LogP contribution is 2.23. The smallest absolute Gasteiger partial charge is 0.0110 e. The molecule has 2 heteroatoms. The predicted octanol–water partition coefficient (Wildman–Crippen LogP) is 2.64. The summed E-state index contributed by atoms with van der Waals surface area (Å²) in [6, 6.07) is 2.25. The SMILES string of the molecule is CCCNC1CCCC(N(C)C(C)C)C1. The lowest BCUT2D eigenvalue weighted by molar-refractivity contribution is 0.138. The summed E-state index contributed by atoms with van der Waals surface area (Å²) in [6.45, 7) is 8.02. The summed E-state index contributed by atoms with van der Waals surface area (Å²) in [5.41, 5.74) is 0. The van der Waals surface area contributed by atoms with E-state index in [1.807, 2.05) is 0 Å². The Hall–Kier alpha value is -0.0800. The van der Waals surface area contributed by atoms with Crippen LogP contribution in [0.15, 0.2) is 0 Å². The summed E-state index contributed by atoms with van der Waals surface area (Å²) < 4.78 is 0. The van der Waals surface area contributed by atoms with Gasteiger partial charge in [0.25, 0.3) is 0 Å². The molecule has 0 aromatic carbocycles. The van der Waals surface area contributed by atoms with Gasteiger partial charge in [0.05, 0.1) is 0 Å². The van der Waals surface area contributed by atoms with Crippen LogP contribution in [0.3, 0.4) is 0 Å². The maximum absolute atomic E-state index is 3.67. The molecule has 2 nitrogen and oxygen atoms in total. The van der Waals surface area contributed by atoms with E-state index in [0.717, 1.165) is 12.1 Å². The summed E-state index contributed by atoms with van der Waals surface area (Å²) in [5, 5.41) is 3.67. The lowest BCUT2D eigenvalue weighted by Crippen LogP contribution is -2.45. The van der Waals surface area contributed by atoms with E-state index in [9.17, 15) is 0 Å². The minimum Gasteiger partial charge on any atom is -0.314 e. The molecule has 0 aromatic heterocycles. The fourth-order valence-electron chi connectivity index (χ4n) is 2.49. The maximum atomic E-state index is 3.67. The van der Waals surface area contributed by atoms with Crippen molar-refractivity contribution in [3.63, 3.8) is 0 Å². The van der Waals surface area contributed by atoms with Gasteiger partial charge in [0.2, 0.25) is 0 Å². The molecule has 1 fully saturated rings. The summed E-state index contributed by atoms with van der Waals surface area (Å²) in [7, 11) is 2.28. The molecule has 2 atom stereocenters. The van der Waals surface area contributed by atoms with Crippen LogP contribution in [0.5, 0.6) is 0 Å². The third kappa shape index (κ3) is 4.12. The third-order valence-electron chi connectivity index (χ3n) is 3.72. The Morgan fingerprint density at radius 1 is 1.33 bits per heavy atom. The molecule has 0 bridgehead atoms. The molecule has 0 spiro atoms. The van der Waals surface area contributed by atoms with Gasteiger partial charge in [-0.15, -0.1) is 0 Å². The first-order valence-corrected chi connectivity index (χ1v) is 6.60. The van der Waals surface area contributed by atoms with Crippen molar-refractivity contribution < 1.29 is 0 Å². The van der Waals surface area contributed by atoms with E-state index in [1.165, 1.54) is 38.6 Å². The molecule has 1 aliphatic carbocycles. The lowest BCUT2D eigenvalue weighted by atomic mass is 9.89. The van der Waals surface area contributed by atoms with Gasteiger partial charge in [0, 0.05) is 18.1 Å². The molecule has 0 saturated heterocycles. The van der Waals surface area contributed by atoms with Gasteiger partial charge in [0.1, 0.15) is 0 Å². The van der Waals surface area contributed by atoms with Gasteiger partial charge in [-0.2, -0.15) is 0 Å². The number of nitrogens with zero attached hydrogens (tertiary/aromatic N) is 1. The van der Waals surface area contributed by atoms with Crippen molar-refractivity contribution in [3.8, 4) is 0 Å². The van der Waals surface area contributed by atoms with E-state index >= 15 is 0 Å². The fourth-order valence-corrected chi connectivity index (χ4v) is 2.49. The van der Waals surface area contributed by atoms with Crippen LogP contribution in [0.2, 0.25) is 0 Å². The zero-order valence-corrected chi connectivity index (χ0v) is 10.9. The van der Waals surface area contributed by atoms with E-state index in [2.05, 4.69) is 38.0 Å². The highest BCUT2D eigenvalue weighted by Gasteiger charge is 2.25. The van der Waals surface area contributed by atoms with Gasteiger partial charge in [0.15, 0.2) is 0 Å². The van der Waals surface area contributed by atoms with Gasteiger partial charge in [-0.3, -0.25) is 0 Å². The van der Waals surface area contributed by atoms with Crippen LogP contribution in [-0.4, -0.2) is 36.6 Å². The molecule has 0 radical (unpaired) electrons. The minimum atomic E-state index is 0.680. The van der Waals surface area contributed by atoms with Gasteiger partial charge >= 0.3 is 0 Å². The second kappa shape index (κ2) is 6.49. The van der Waals surface area contributed by atoms with Crippen molar-refractivity contribution in [1.29, 1.82) is 0 Å². The Kier molecular flexibility index (Phi) is 5.62. The maximum Gasteiger partial charge on any atom is 0.0110 e. The molecule has 0 heterocycles. The van der Waals surface area contributed by atoms with Crippen molar-refractivity contribution in [2.24, 2.45) is 0 Å². The second-order valence-corrected chi connectivity index (χ2v) is 5.23. The van der Waals surface area contributed by atoms with Crippen molar-refractivity contribution in [2.75, 3.05) is 13.6 Å². The van der Waals surface area contributed by atoms with Crippen LogP contribution in [0.25, 0.3) is 0 Å². The van der Waals surface area contributed by atoms with Crippen molar-refractivity contribution in [3.05, 3.63) is 0 Å². The van der Waals surface area contributed by atoms with Crippen LogP contribution in [0.4, 0.5) is 0 Å². The Morgan fingerprint density at radius 2 is 2.07 bits per heavy atom. The number of nitrogens with one attached hydrogen (secondary N) is 1. The van der Waals surface area contributed by atoms with E-state index in [1.54, 1.807) is 0 Å². The summed E-state index contributed by atoms with van der Waals surface area (Å²) >= 11 is 0. The largest absolute Gasteiger partial charge is 0.314 e. The molecule has 2 unspecified atom stereocenters. The minimum absolute atomic E-state index is 0.680. The monoisotopic (exact) mass is 212 g/mol. The molecule has 1 saturated carbocycles. The first kappa shape index (κ1) is 13.0. The Morgan fingerprint density at radius 3 is 2.67 bits per heavy atom. The molecule has 1 aliphatic rings. The fraction of sp³-hybridized carbons (Fsp3) is 1.00. The van der Waals surface area contributed by atoms with E-state index < -0.39 is 0 Å². The van der Waals surface area contributed by atoms with Gasteiger partial charge < -0.3 is 10.2 Å². The first-order valence-electron chi connectivity index (χ1n) is 6.60. The molecule has 0 aromatic rings. The van der Waals surface area contributed by atoms with Crippen molar-refractivity contribution in [1.82, 2.24) is 10.2 Å². The Labute approximate surface area is 95.4 Å². The average molecular weight is 212 g/mol. The van der Waals surface area contributed by atoms with Gasteiger partial charge in [-0.1, -0.05) is 13.3 Å². The normalized spacial score (nSPS) is 27.6. The predicted molar refractivity (Wildman–Crippen MR) is 67.2 cm³/mol. The van der Waals surface area contributed by atoms with Crippen LogP contribution < -0.4 is 5.32 Å². The third-order valence-corrected chi connectivity index (χ3v) is 3.72. The average Bonchev–Trinajstić information content (AvgIpc) is 2.25. The van der Waals surface area contributed by atoms with Gasteiger partial charge in [-0.05, 0) is 53.1 Å². The number of hydrogen-bond donors (Lipinski definition) is 1. The van der Waals surface area contributed by atoms with Crippen LogP contribution in [-0.2, 0) is 0 Å². The lowest BCUT2D eigenvalue weighted by Gasteiger charge is -2.37. The Balaban J connectivity index is 2.34. The molecule has 15 heavy (non-hydrogen) atoms. The van der Waals surface area contributed by atoms with E-state index in [0.29, 0.717) is 6.04 Å². The Bertz CT molecular complexity index is 168. The van der Waals surface area contributed by atoms with Crippen molar-refractivity contribution in [2.45, 2.75) is 71.0 Å². The molecular formula is C13H28N2.